The minimum absolute atomic E-state index is 0.0434. The summed E-state index contributed by atoms with van der Waals surface area (Å²) in [5, 5.41) is 0.233. The molecule has 0 bridgehead atoms. The summed E-state index contributed by atoms with van der Waals surface area (Å²) in [7, 11) is 1.60. The first kappa shape index (κ1) is 16.6. The van der Waals surface area contributed by atoms with Gasteiger partial charge in [0.25, 0.3) is 5.56 Å². The number of esters is 1. The molecular weight excluding hydrogens is 324 g/mol. The largest absolute Gasteiger partial charge is 0.462 e. The molecule has 0 aliphatic rings. The molecule has 8 heteroatoms. The molecule has 0 aliphatic heterocycles. The summed E-state index contributed by atoms with van der Waals surface area (Å²) in [5.41, 5.74) is 0.598. The predicted molar refractivity (Wildman–Crippen MR) is 90.1 cm³/mol. The summed E-state index contributed by atoms with van der Waals surface area (Å²) in [6.07, 6.45) is 1.60. The van der Waals surface area contributed by atoms with Crippen LogP contribution in [0.25, 0.3) is 16.7 Å². The first-order valence-electron chi connectivity index (χ1n) is 7.67. The first-order valence-corrected chi connectivity index (χ1v) is 7.67. The van der Waals surface area contributed by atoms with Crippen molar-refractivity contribution in [3.63, 3.8) is 0 Å². The zero-order chi connectivity index (χ0) is 18.1. The average Bonchev–Trinajstić information content (AvgIpc) is 2.58. The highest BCUT2D eigenvalue weighted by molar-refractivity contribution is 5.93. The Bertz CT molecular complexity index is 1140. The molecule has 0 saturated carbocycles. The number of hydrogen-bond donors (Lipinski definition) is 0. The van der Waals surface area contributed by atoms with E-state index in [2.05, 4.69) is 9.98 Å². The molecule has 25 heavy (non-hydrogen) atoms. The van der Waals surface area contributed by atoms with Gasteiger partial charge < -0.3 is 9.30 Å². The smallest absolute Gasteiger partial charge is 0.341 e. The van der Waals surface area contributed by atoms with E-state index in [4.69, 9.17) is 4.74 Å². The lowest BCUT2D eigenvalue weighted by atomic mass is 10.2. The third kappa shape index (κ3) is 2.82. The first-order chi connectivity index (χ1) is 11.9. The van der Waals surface area contributed by atoms with Crippen LogP contribution in [0.3, 0.4) is 0 Å². The SMILES string of the molecule is CCOC(=O)c1cc2c(=O)n3ccccc3nc2n(C)c1=NC(C)=O. The number of ether oxygens (including phenoxy) is 1. The van der Waals surface area contributed by atoms with E-state index in [1.54, 1.807) is 38.4 Å². The number of nitrogens with zero attached hydrogens (tertiary/aromatic N) is 4. The van der Waals surface area contributed by atoms with Crippen LogP contribution >= 0.6 is 0 Å². The van der Waals surface area contributed by atoms with Crippen LogP contribution in [-0.2, 0) is 16.6 Å². The number of aryl methyl sites for hydroxylation is 1. The molecule has 3 aromatic heterocycles. The molecule has 3 aromatic rings. The van der Waals surface area contributed by atoms with Crippen LogP contribution in [0.1, 0.15) is 24.2 Å². The van der Waals surface area contributed by atoms with E-state index in [1.165, 1.54) is 22.0 Å². The van der Waals surface area contributed by atoms with E-state index in [0.29, 0.717) is 11.3 Å². The molecular formula is C17H16N4O4. The Morgan fingerprint density at radius 3 is 2.76 bits per heavy atom. The van der Waals surface area contributed by atoms with Gasteiger partial charge in [0.1, 0.15) is 16.9 Å². The summed E-state index contributed by atoms with van der Waals surface area (Å²) in [6, 6.07) is 6.56. The highest BCUT2D eigenvalue weighted by atomic mass is 16.5. The zero-order valence-corrected chi connectivity index (χ0v) is 14.0. The van der Waals surface area contributed by atoms with Crippen molar-refractivity contribution in [1.82, 2.24) is 14.0 Å². The number of carbonyl (C=O) groups excluding carboxylic acids is 2. The summed E-state index contributed by atoms with van der Waals surface area (Å²) < 4.78 is 7.87. The van der Waals surface area contributed by atoms with E-state index in [0.717, 1.165) is 0 Å². The molecule has 0 aliphatic carbocycles. The van der Waals surface area contributed by atoms with Gasteiger partial charge in [-0.1, -0.05) is 6.07 Å². The Hall–Kier alpha value is -3.29. The second-order valence-electron chi connectivity index (χ2n) is 5.38. The minimum Gasteiger partial charge on any atom is -0.462 e. The number of aromatic nitrogens is 3. The molecule has 3 rings (SSSR count). The van der Waals surface area contributed by atoms with Crippen LogP contribution in [0.5, 0.6) is 0 Å². The molecule has 0 aromatic carbocycles. The Kier molecular flexibility index (Phi) is 4.18. The number of carbonyl (C=O) groups is 2. The molecule has 1 amide bonds. The standard InChI is InChI=1S/C17H16N4O4/c1-4-25-17(24)12-9-11-14(20(3)15(12)18-10(2)22)19-13-7-5-6-8-21(13)16(11)23/h5-9H,4H2,1-3H3. The van der Waals surface area contributed by atoms with E-state index in [1.807, 2.05) is 0 Å². The summed E-state index contributed by atoms with van der Waals surface area (Å²) in [5.74, 6) is -1.13. The van der Waals surface area contributed by atoms with E-state index < -0.39 is 11.9 Å². The lowest BCUT2D eigenvalue weighted by Gasteiger charge is -2.11. The van der Waals surface area contributed by atoms with Crippen LogP contribution in [0, 0.1) is 0 Å². The molecule has 128 valence electrons. The normalized spacial score (nSPS) is 11.9. The fourth-order valence-electron chi connectivity index (χ4n) is 2.61. The second kappa shape index (κ2) is 6.31. The van der Waals surface area contributed by atoms with Gasteiger partial charge in [-0.2, -0.15) is 4.99 Å². The van der Waals surface area contributed by atoms with Crippen molar-refractivity contribution < 1.29 is 14.3 Å². The maximum absolute atomic E-state index is 12.8. The monoisotopic (exact) mass is 340 g/mol. The van der Waals surface area contributed by atoms with E-state index in [9.17, 15) is 14.4 Å². The molecule has 0 N–H and O–H groups in total. The maximum Gasteiger partial charge on any atom is 0.341 e. The van der Waals surface area contributed by atoms with Gasteiger partial charge >= 0.3 is 5.97 Å². The van der Waals surface area contributed by atoms with Crippen LogP contribution in [-0.4, -0.2) is 32.4 Å². The average molecular weight is 340 g/mol. The molecule has 0 radical (unpaired) electrons. The van der Waals surface area contributed by atoms with Crippen molar-refractivity contribution in [3.05, 3.63) is 51.9 Å². The van der Waals surface area contributed by atoms with Crippen molar-refractivity contribution in [1.29, 1.82) is 0 Å². The van der Waals surface area contributed by atoms with Crippen molar-refractivity contribution in [2.45, 2.75) is 13.8 Å². The van der Waals surface area contributed by atoms with Crippen LogP contribution in [0.2, 0.25) is 0 Å². The van der Waals surface area contributed by atoms with E-state index in [-0.39, 0.29) is 28.6 Å². The van der Waals surface area contributed by atoms with Gasteiger partial charge in [-0.3, -0.25) is 14.0 Å². The lowest BCUT2D eigenvalue weighted by molar-refractivity contribution is -0.116. The lowest BCUT2D eigenvalue weighted by Crippen LogP contribution is -2.30. The van der Waals surface area contributed by atoms with Gasteiger partial charge in [0.2, 0.25) is 5.91 Å². The minimum atomic E-state index is -0.655. The third-order valence-corrected chi connectivity index (χ3v) is 3.67. The number of amides is 1. The van der Waals surface area contributed by atoms with Crippen LogP contribution < -0.4 is 11.0 Å². The maximum atomic E-state index is 12.8. The van der Waals surface area contributed by atoms with Gasteiger partial charge in [-0.25, -0.2) is 9.78 Å². The molecule has 0 atom stereocenters. The number of rotatable bonds is 2. The number of hydrogen-bond acceptors (Lipinski definition) is 5. The third-order valence-electron chi connectivity index (χ3n) is 3.67. The highest BCUT2D eigenvalue weighted by Crippen LogP contribution is 2.10. The molecule has 0 spiro atoms. The van der Waals surface area contributed by atoms with Crippen LogP contribution in [0.4, 0.5) is 0 Å². The fraction of sp³-hybridized carbons (Fsp3) is 0.235. The fourth-order valence-corrected chi connectivity index (χ4v) is 2.61. The zero-order valence-electron chi connectivity index (χ0n) is 14.0. The number of pyridine rings is 2. The Morgan fingerprint density at radius 2 is 2.08 bits per heavy atom. The topological polar surface area (TPSA) is 95.0 Å². The molecule has 8 nitrogen and oxygen atoms in total. The summed E-state index contributed by atoms with van der Waals surface area (Å²) in [4.78, 5) is 44.9. The molecule has 3 heterocycles. The Labute approximate surface area is 142 Å². The van der Waals surface area contributed by atoms with Crippen molar-refractivity contribution in [2.24, 2.45) is 12.0 Å². The van der Waals surface area contributed by atoms with Gasteiger partial charge in [0.15, 0.2) is 5.49 Å². The van der Waals surface area contributed by atoms with Crippen molar-refractivity contribution >= 4 is 28.6 Å². The van der Waals surface area contributed by atoms with E-state index >= 15 is 0 Å². The van der Waals surface area contributed by atoms with Gasteiger partial charge in [0.05, 0.1) is 12.0 Å². The Balaban J connectivity index is 2.52. The highest BCUT2D eigenvalue weighted by Gasteiger charge is 2.17. The van der Waals surface area contributed by atoms with Crippen molar-refractivity contribution in [2.75, 3.05) is 6.61 Å². The predicted octanol–water partition coefficient (Wildman–Crippen LogP) is 0.810. The van der Waals surface area contributed by atoms with Gasteiger partial charge in [-0.15, -0.1) is 0 Å². The quantitative estimate of drug-likeness (QED) is 0.508. The Morgan fingerprint density at radius 1 is 1.32 bits per heavy atom. The second-order valence-corrected chi connectivity index (χ2v) is 5.38. The van der Waals surface area contributed by atoms with Crippen molar-refractivity contribution in [3.8, 4) is 0 Å². The molecule has 0 unspecified atom stereocenters. The number of fused-ring (bicyclic) bond motifs is 2. The van der Waals surface area contributed by atoms with Gasteiger partial charge in [-0.05, 0) is 25.1 Å². The molecule has 0 saturated heterocycles. The molecule has 0 fully saturated rings. The van der Waals surface area contributed by atoms with Crippen LogP contribution in [0.15, 0.2) is 40.2 Å². The summed E-state index contributed by atoms with van der Waals surface area (Å²) >= 11 is 0. The summed E-state index contributed by atoms with van der Waals surface area (Å²) in [6.45, 7) is 3.11. The van der Waals surface area contributed by atoms with Gasteiger partial charge in [0, 0.05) is 20.2 Å².